The van der Waals surface area contributed by atoms with Crippen LogP contribution in [0, 0.1) is 5.92 Å². The van der Waals surface area contributed by atoms with Crippen LogP contribution in [0.15, 0.2) is 30.6 Å². The number of thiophene rings is 1. The van der Waals surface area contributed by atoms with Crippen LogP contribution in [-0.2, 0) is 12.8 Å². The average Bonchev–Trinajstić information content (AvgIpc) is 3.21. The van der Waals surface area contributed by atoms with Gasteiger partial charge in [-0.3, -0.25) is 4.40 Å². The Labute approximate surface area is 149 Å². The van der Waals surface area contributed by atoms with Crippen molar-refractivity contribution in [3.8, 4) is 17.1 Å². The second-order valence-corrected chi connectivity index (χ2v) is 7.81. The van der Waals surface area contributed by atoms with E-state index in [4.69, 9.17) is 9.72 Å². The fraction of sp³-hybridized carbons (Fsp3) is 0.316. The average molecular weight is 350 g/mol. The summed E-state index contributed by atoms with van der Waals surface area (Å²) in [6.45, 7) is 2.33. The summed E-state index contributed by atoms with van der Waals surface area (Å²) in [5.74, 6) is 2.36. The summed E-state index contributed by atoms with van der Waals surface area (Å²) >= 11 is 1.82. The summed E-state index contributed by atoms with van der Waals surface area (Å²) in [6, 6.07) is 7.90. The van der Waals surface area contributed by atoms with Crippen molar-refractivity contribution in [3.63, 3.8) is 0 Å². The summed E-state index contributed by atoms with van der Waals surface area (Å²) in [4.78, 5) is 7.26. The third kappa shape index (κ3) is 2.24. The first-order valence-corrected chi connectivity index (χ1v) is 9.34. The molecule has 0 saturated heterocycles. The van der Waals surface area contributed by atoms with Crippen molar-refractivity contribution in [3.05, 3.63) is 41.0 Å². The Morgan fingerprint density at radius 3 is 3.08 bits per heavy atom. The van der Waals surface area contributed by atoms with E-state index < -0.39 is 0 Å². The lowest BCUT2D eigenvalue weighted by molar-refractivity contribution is 0.415. The number of aryl methyl sites for hydroxylation is 1. The molecular weight excluding hydrogens is 332 g/mol. The first-order valence-electron chi connectivity index (χ1n) is 8.53. The van der Waals surface area contributed by atoms with Crippen LogP contribution in [-0.4, -0.2) is 26.7 Å². The summed E-state index contributed by atoms with van der Waals surface area (Å²) in [5.41, 5.74) is 3.32. The van der Waals surface area contributed by atoms with E-state index in [0.717, 1.165) is 46.4 Å². The van der Waals surface area contributed by atoms with E-state index in [1.165, 1.54) is 22.2 Å². The Morgan fingerprint density at radius 2 is 2.20 bits per heavy atom. The third-order valence-electron chi connectivity index (χ3n) is 5.03. The molecule has 1 aliphatic rings. The number of ether oxygens (including phenoxy) is 1. The van der Waals surface area contributed by atoms with Crippen LogP contribution in [0.5, 0.6) is 5.75 Å². The standard InChI is InChI=1S/C19H18N4OS/c1-11-6-7-14-15(8-11)25-19-16(14)18-22-21-17(23(18)10-20-19)12-4-3-5-13(9-12)24-2/h3-5,9-11H,6-8H2,1-2H3. The van der Waals surface area contributed by atoms with E-state index >= 15 is 0 Å². The predicted molar refractivity (Wildman–Crippen MR) is 99.3 cm³/mol. The van der Waals surface area contributed by atoms with Gasteiger partial charge in [0.1, 0.15) is 16.9 Å². The molecule has 1 unspecified atom stereocenters. The fourth-order valence-corrected chi connectivity index (χ4v) is 5.04. The molecule has 0 N–H and O–H groups in total. The van der Waals surface area contributed by atoms with Gasteiger partial charge in [0.15, 0.2) is 11.5 Å². The lowest BCUT2D eigenvalue weighted by Gasteiger charge is -2.17. The first-order chi connectivity index (χ1) is 12.2. The van der Waals surface area contributed by atoms with E-state index in [1.807, 2.05) is 46.3 Å². The van der Waals surface area contributed by atoms with Gasteiger partial charge >= 0.3 is 0 Å². The maximum absolute atomic E-state index is 5.34. The molecule has 0 fully saturated rings. The SMILES string of the molecule is COc1cccc(-c2nnc3c4c5c(sc4ncn23)CC(C)CC5)c1. The smallest absolute Gasteiger partial charge is 0.172 e. The minimum atomic E-state index is 0.752. The van der Waals surface area contributed by atoms with Crippen molar-refractivity contribution in [2.45, 2.75) is 26.2 Å². The molecule has 0 spiro atoms. The van der Waals surface area contributed by atoms with Gasteiger partial charge in [-0.25, -0.2) is 4.98 Å². The first kappa shape index (κ1) is 14.8. The number of nitrogens with zero attached hydrogens (tertiary/aromatic N) is 4. The third-order valence-corrected chi connectivity index (χ3v) is 6.19. The second kappa shape index (κ2) is 5.52. The van der Waals surface area contributed by atoms with Gasteiger partial charge in [-0.15, -0.1) is 21.5 Å². The molecule has 6 heteroatoms. The zero-order chi connectivity index (χ0) is 17.0. The Hall–Kier alpha value is -2.47. The van der Waals surface area contributed by atoms with Crippen LogP contribution < -0.4 is 4.74 Å². The van der Waals surface area contributed by atoms with Gasteiger partial charge in [-0.1, -0.05) is 19.1 Å². The monoisotopic (exact) mass is 350 g/mol. The maximum atomic E-state index is 5.34. The van der Waals surface area contributed by atoms with Gasteiger partial charge in [0, 0.05) is 10.4 Å². The highest BCUT2D eigenvalue weighted by Crippen LogP contribution is 2.39. The van der Waals surface area contributed by atoms with E-state index in [1.54, 1.807) is 7.11 Å². The van der Waals surface area contributed by atoms with Gasteiger partial charge in [-0.05, 0) is 42.9 Å². The minimum absolute atomic E-state index is 0.752. The molecule has 0 amide bonds. The highest BCUT2D eigenvalue weighted by molar-refractivity contribution is 7.19. The largest absolute Gasteiger partial charge is 0.497 e. The predicted octanol–water partition coefficient (Wildman–Crippen LogP) is 4.14. The van der Waals surface area contributed by atoms with E-state index in [-0.39, 0.29) is 0 Å². The lowest BCUT2D eigenvalue weighted by atomic mass is 9.89. The van der Waals surface area contributed by atoms with E-state index in [9.17, 15) is 0 Å². The summed E-state index contributed by atoms with van der Waals surface area (Å²) in [5, 5.41) is 10.2. The van der Waals surface area contributed by atoms with Crippen molar-refractivity contribution >= 4 is 27.2 Å². The van der Waals surface area contributed by atoms with Gasteiger partial charge in [0.05, 0.1) is 12.5 Å². The Kier molecular flexibility index (Phi) is 3.28. The van der Waals surface area contributed by atoms with Crippen molar-refractivity contribution in [2.24, 2.45) is 5.92 Å². The number of fused-ring (bicyclic) bond motifs is 5. The number of benzene rings is 1. The number of methoxy groups -OCH3 is 1. The van der Waals surface area contributed by atoms with Crippen LogP contribution >= 0.6 is 11.3 Å². The normalized spacial score (nSPS) is 17.1. The van der Waals surface area contributed by atoms with Crippen LogP contribution in [0.1, 0.15) is 23.8 Å². The molecule has 3 aromatic heterocycles. The summed E-state index contributed by atoms with van der Waals surface area (Å²) < 4.78 is 7.34. The molecule has 1 aromatic carbocycles. The molecule has 1 aliphatic carbocycles. The quantitative estimate of drug-likeness (QED) is 0.545. The van der Waals surface area contributed by atoms with Crippen molar-refractivity contribution in [1.82, 2.24) is 19.6 Å². The van der Waals surface area contributed by atoms with Crippen LogP contribution in [0.4, 0.5) is 0 Å². The Morgan fingerprint density at radius 1 is 1.28 bits per heavy atom. The zero-order valence-electron chi connectivity index (χ0n) is 14.2. The molecular formula is C19H18N4OS. The Bertz CT molecular complexity index is 1100. The van der Waals surface area contributed by atoms with Crippen LogP contribution in [0.2, 0.25) is 0 Å². The zero-order valence-corrected chi connectivity index (χ0v) is 15.0. The van der Waals surface area contributed by atoms with E-state index in [0.29, 0.717) is 0 Å². The molecule has 1 atom stereocenters. The number of hydrogen-bond acceptors (Lipinski definition) is 5. The molecule has 0 radical (unpaired) electrons. The molecule has 5 nitrogen and oxygen atoms in total. The maximum Gasteiger partial charge on any atom is 0.172 e. The molecule has 0 bridgehead atoms. The van der Waals surface area contributed by atoms with E-state index in [2.05, 4.69) is 17.1 Å². The van der Waals surface area contributed by atoms with Gasteiger partial charge < -0.3 is 4.74 Å². The van der Waals surface area contributed by atoms with Crippen LogP contribution in [0.25, 0.3) is 27.3 Å². The molecule has 5 rings (SSSR count). The number of rotatable bonds is 2. The second-order valence-electron chi connectivity index (χ2n) is 6.73. The highest BCUT2D eigenvalue weighted by atomic mass is 32.1. The fourth-order valence-electron chi connectivity index (χ4n) is 3.70. The van der Waals surface area contributed by atoms with Gasteiger partial charge in [0.25, 0.3) is 0 Å². The minimum Gasteiger partial charge on any atom is -0.497 e. The Balaban J connectivity index is 1.74. The molecule has 3 heterocycles. The van der Waals surface area contributed by atoms with Crippen molar-refractivity contribution in [2.75, 3.05) is 7.11 Å². The topological polar surface area (TPSA) is 52.3 Å². The highest BCUT2D eigenvalue weighted by Gasteiger charge is 2.24. The summed E-state index contributed by atoms with van der Waals surface area (Å²) in [7, 11) is 1.67. The lowest BCUT2D eigenvalue weighted by Crippen LogP contribution is -2.08. The molecule has 0 saturated carbocycles. The summed E-state index contributed by atoms with van der Waals surface area (Å²) in [6.07, 6.45) is 5.34. The molecule has 4 aromatic rings. The number of hydrogen-bond donors (Lipinski definition) is 0. The van der Waals surface area contributed by atoms with Gasteiger partial charge in [-0.2, -0.15) is 0 Å². The van der Waals surface area contributed by atoms with Gasteiger partial charge in [0.2, 0.25) is 0 Å². The number of aromatic nitrogens is 4. The van der Waals surface area contributed by atoms with Crippen molar-refractivity contribution in [1.29, 1.82) is 0 Å². The van der Waals surface area contributed by atoms with Crippen LogP contribution in [0.3, 0.4) is 0 Å². The van der Waals surface area contributed by atoms with Crippen molar-refractivity contribution < 1.29 is 4.74 Å². The molecule has 0 aliphatic heterocycles. The molecule has 25 heavy (non-hydrogen) atoms. The molecule has 126 valence electrons.